The first kappa shape index (κ1) is 27.0. The monoisotopic (exact) mass is 512 g/mol. The third-order valence-corrected chi connectivity index (χ3v) is 5.74. The smallest absolute Gasteiger partial charge is 0.326 e. The molecule has 0 bridgehead atoms. The average molecular weight is 513 g/mol. The molecule has 12 heteroatoms. The van der Waals surface area contributed by atoms with E-state index in [0.717, 1.165) is 14.2 Å². The number of hydrogen-bond acceptors (Lipinski definition) is 8. The lowest BCUT2D eigenvalue weighted by Crippen LogP contribution is -2.32. The van der Waals surface area contributed by atoms with Gasteiger partial charge in [-0.05, 0) is 25.0 Å². The maximum absolute atomic E-state index is 11.9. The first-order valence-electron chi connectivity index (χ1n) is 9.83. The molecule has 0 saturated carbocycles. The summed E-state index contributed by atoms with van der Waals surface area (Å²) in [6, 6.07) is 8.43. The number of rotatable bonds is 9. The van der Waals surface area contributed by atoms with Crippen LogP contribution in [0.5, 0.6) is 0 Å². The molecule has 0 aliphatic heterocycles. The standard InChI is InChI=1S/C22H22Cl2N2O8/c1-21(23,19(27)33-3)11-15-7-5-13(9-17(15)25(29)30)14-6-8-16(18(10-14)26(31)32)12-22(2,24)20(28)34-4/h5-10H,11-12H2,1-4H3/t21-,22+. The van der Waals surface area contributed by atoms with E-state index in [1.165, 1.54) is 50.2 Å². The molecule has 0 aliphatic rings. The first-order valence-corrected chi connectivity index (χ1v) is 10.6. The van der Waals surface area contributed by atoms with Crippen molar-refractivity contribution in [3.8, 4) is 11.1 Å². The van der Waals surface area contributed by atoms with E-state index in [4.69, 9.17) is 23.2 Å². The summed E-state index contributed by atoms with van der Waals surface area (Å²) in [5.74, 6) is -1.48. The van der Waals surface area contributed by atoms with Crippen molar-refractivity contribution in [2.24, 2.45) is 0 Å². The molecule has 182 valence electrons. The van der Waals surface area contributed by atoms with Crippen molar-refractivity contribution in [1.29, 1.82) is 0 Å². The lowest BCUT2D eigenvalue weighted by Gasteiger charge is -2.19. The van der Waals surface area contributed by atoms with E-state index < -0.39 is 31.5 Å². The van der Waals surface area contributed by atoms with Gasteiger partial charge >= 0.3 is 11.9 Å². The van der Waals surface area contributed by atoms with Gasteiger partial charge in [0.1, 0.15) is 9.75 Å². The number of halogens is 2. The second-order valence-corrected chi connectivity index (χ2v) is 9.60. The third-order valence-electron chi connectivity index (χ3n) is 5.16. The zero-order valence-electron chi connectivity index (χ0n) is 18.8. The summed E-state index contributed by atoms with van der Waals surface area (Å²) in [5.41, 5.74) is 0.442. The van der Waals surface area contributed by atoms with Crippen LogP contribution < -0.4 is 0 Å². The summed E-state index contributed by atoms with van der Waals surface area (Å²) >= 11 is 12.4. The van der Waals surface area contributed by atoms with Gasteiger partial charge in [0, 0.05) is 36.1 Å². The number of esters is 2. The second kappa shape index (κ2) is 10.4. The summed E-state index contributed by atoms with van der Waals surface area (Å²) in [7, 11) is 2.32. The van der Waals surface area contributed by atoms with Crippen LogP contribution in [0.15, 0.2) is 36.4 Å². The number of carbonyl (C=O) groups excluding carboxylic acids is 2. The maximum Gasteiger partial charge on any atom is 0.326 e. The summed E-state index contributed by atoms with van der Waals surface area (Å²) < 4.78 is 9.28. The molecule has 0 unspecified atom stereocenters. The Morgan fingerprint density at radius 3 is 1.38 bits per heavy atom. The first-order chi connectivity index (χ1) is 15.7. The van der Waals surface area contributed by atoms with E-state index in [1.54, 1.807) is 0 Å². The molecule has 0 heterocycles. The van der Waals surface area contributed by atoms with E-state index in [9.17, 15) is 29.8 Å². The van der Waals surface area contributed by atoms with Gasteiger partial charge in [-0.25, -0.2) is 0 Å². The predicted octanol–water partition coefficient (Wildman–Crippen LogP) is 4.60. The van der Waals surface area contributed by atoms with Crippen molar-refractivity contribution in [3.63, 3.8) is 0 Å². The second-order valence-electron chi connectivity index (χ2n) is 7.93. The number of hydrogen-bond donors (Lipinski definition) is 0. The zero-order valence-corrected chi connectivity index (χ0v) is 20.3. The van der Waals surface area contributed by atoms with Crippen LogP contribution >= 0.6 is 23.2 Å². The molecule has 0 spiro atoms. The molecule has 0 aliphatic carbocycles. The number of methoxy groups -OCH3 is 2. The fraction of sp³-hybridized carbons (Fsp3) is 0.364. The molecule has 2 atom stereocenters. The molecule has 10 nitrogen and oxygen atoms in total. The van der Waals surface area contributed by atoms with Crippen LogP contribution in [0.3, 0.4) is 0 Å². The Hall–Kier alpha value is -3.24. The van der Waals surface area contributed by atoms with Gasteiger partial charge in [0.2, 0.25) is 0 Å². The number of benzene rings is 2. The van der Waals surface area contributed by atoms with Gasteiger partial charge in [0.05, 0.1) is 24.1 Å². The summed E-state index contributed by atoms with van der Waals surface area (Å²) in [6.45, 7) is 2.78. The van der Waals surface area contributed by atoms with E-state index in [-0.39, 0.29) is 35.3 Å². The fourth-order valence-corrected chi connectivity index (χ4v) is 3.85. The number of nitrogens with zero attached hydrogens (tertiary/aromatic N) is 2. The third kappa shape index (κ3) is 6.00. The molecule has 0 radical (unpaired) electrons. The Bertz CT molecular complexity index is 1060. The van der Waals surface area contributed by atoms with Gasteiger partial charge in [-0.2, -0.15) is 0 Å². The van der Waals surface area contributed by atoms with Crippen molar-refractivity contribution in [2.45, 2.75) is 36.4 Å². The molecule has 2 aromatic rings. The molecule has 2 aromatic carbocycles. The van der Waals surface area contributed by atoms with Crippen LogP contribution in [0, 0.1) is 20.2 Å². The Kier molecular flexibility index (Phi) is 8.22. The molecule has 0 fully saturated rings. The lowest BCUT2D eigenvalue weighted by atomic mass is 9.93. The van der Waals surface area contributed by atoms with Gasteiger partial charge in [0.15, 0.2) is 0 Å². The molecule has 0 aromatic heterocycles. The molecule has 34 heavy (non-hydrogen) atoms. The largest absolute Gasteiger partial charge is 0.468 e. The van der Waals surface area contributed by atoms with Crippen LogP contribution in [0.2, 0.25) is 0 Å². The van der Waals surface area contributed by atoms with E-state index in [2.05, 4.69) is 9.47 Å². The van der Waals surface area contributed by atoms with Crippen LogP contribution in [-0.4, -0.2) is 45.8 Å². The van der Waals surface area contributed by atoms with Crippen molar-refractivity contribution < 1.29 is 28.9 Å². The molecular formula is C22H22Cl2N2O8. The highest BCUT2D eigenvalue weighted by atomic mass is 35.5. The normalized spacial score (nSPS) is 14.4. The van der Waals surface area contributed by atoms with Crippen LogP contribution in [0.25, 0.3) is 11.1 Å². The molecule has 2 rings (SSSR count). The maximum atomic E-state index is 11.9. The van der Waals surface area contributed by atoms with Gasteiger partial charge in [0.25, 0.3) is 11.4 Å². The lowest BCUT2D eigenvalue weighted by molar-refractivity contribution is -0.385. The van der Waals surface area contributed by atoms with Crippen LogP contribution in [0.1, 0.15) is 25.0 Å². The van der Waals surface area contributed by atoms with E-state index in [1.807, 2.05) is 0 Å². The highest BCUT2D eigenvalue weighted by Gasteiger charge is 2.36. The number of nitro groups is 2. The minimum Gasteiger partial charge on any atom is -0.468 e. The summed E-state index contributed by atoms with van der Waals surface area (Å²) in [6.07, 6.45) is -0.336. The number of carbonyl (C=O) groups is 2. The highest BCUT2D eigenvalue weighted by molar-refractivity contribution is 6.34. The van der Waals surface area contributed by atoms with Crippen LogP contribution in [-0.2, 0) is 31.9 Å². The number of nitro benzene ring substituents is 2. The van der Waals surface area contributed by atoms with Crippen molar-refractivity contribution in [1.82, 2.24) is 0 Å². The van der Waals surface area contributed by atoms with Gasteiger partial charge in [-0.3, -0.25) is 29.8 Å². The molecule has 0 saturated heterocycles. The zero-order chi connectivity index (χ0) is 25.8. The van der Waals surface area contributed by atoms with Gasteiger partial charge < -0.3 is 9.47 Å². The Balaban J connectivity index is 2.51. The van der Waals surface area contributed by atoms with Crippen molar-refractivity contribution in [2.75, 3.05) is 14.2 Å². The topological polar surface area (TPSA) is 139 Å². The minimum absolute atomic E-state index is 0.168. The SMILES string of the molecule is COC(=O)[C@@](C)(Cl)Cc1ccc(-c2ccc(C[C@@](C)(Cl)C(=O)OC)c([N+](=O)[O-])c2)cc1[N+](=O)[O-]. The van der Waals surface area contributed by atoms with Gasteiger partial charge in [-0.15, -0.1) is 23.2 Å². The Morgan fingerprint density at radius 2 is 1.12 bits per heavy atom. The average Bonchev–Trinajstić information content (AvgIpc) is 2.77. The Labute approximate surface area is 205 Å². The minimum atomic E-state index is -1.52. The van der Waals surface area contributed by atoms with Crippen molar-refractivity contribution in [3.05, 3.63) is 67.8 Å². The number of ether oxygens (including phenoxy) is 2. The molecule has 0 amide bonds. The summed E-state index contributed by atoms with van der Waals surface area (Å²) in [5, 5.41) is 23.4. The van der Waals surface area contributed by atoms with E-state index in [0.29, 0.717) is 11.1 Å². The van der Waals surface area contributed by atoms with Crippen molar-refractivity contribution >= 4 is 46.5 Å². The highest BCUT2D eigenvalue weighted by Crippen LogP contribution is 2.35. The van der Waals surface area contributed by atoms with Crippen LogP contribution in [0.4, 0.5) is 11.4 Å². The predicted molar refractivity (Wildman–Crippen MR) is 125 cm³/mol. The Morgan fingerprint density at radius 1 is 0.794 bits per heavy atom. The molecular weight excluding hydrogens is 491 g/mol. The molecule has 0 N–H and O–H groups in total. The summed E-state index contributed by atoms with van der Waals surface area (Å²) in [4.78, 5) is 42.8. The van der Waals surface area contributed by atoms with Gasteiger partial charge in [-0.1, -0.05) is 24.3 Å². The quantitative estimate of drug-likeness (QED) is 0.205. The fourth-order valence-electron chi connectivity index (χ4n) is 3.41. The number of alkyl halides is 2. The van der Waals surface area contributed by atoms with E-state index >= 15 is 0 Å².